The smallest absolute Gasteiger partial charge is 0.261 e. The topological polar surface area (TPSA) is 179 Å². The number of imide groups is 2. The summed E-state index contributed by atoms with van der Waals surface area (Å²) in [7, 11) is 0. The lowest BCUT2D eigenvalue weighted by Crippen LogP contribution is -2.40. The molecular weight excluding hydrogens is 1250 g/mol. The Balaban J connectivity index is 0.000000148. The van der Waals surface area contributed by atoms with Gasteiger partial charge in [-0.05, 0) is 182 Å². The molecule has 0 atom stereocenters. The van der Waals surface area contributed by atoms with Crippen LogP contribution in [0.2, 0.25) is 0 Å². The maximum absolute atomic E-state index is 13.6. The van der Waals surface area contributed by atoms with Crippen LogP contribution in [-0.4, -0.2) is 66.9 Å². The van der Waals surface area contributed by atoms with Crippen molar-refractivity contribution in [1.82, 2.24) is 30.2 Å². The maximum atomic E-state index is 13.6. The number of furan rings is 4. The molecule has 4 amide bonds. The van der Waals surface area contributed by atoms with Crippen molar-refractivity contribution in [2.45, 2.75) is 65.2 Å². The van der Waals surface area contributed by atoms with Crippen molar-refractivity contribution < 1.29 is 36.8 Å². The van der Waals surface area contributed by atoms with Gasteiger partial charge in [-0.3, -0.25) is 29.0 Å². The Morgan fingerprint density at radius 3 is 0.808 bits per heavy atom. The lowest BCUT2D eigenvalue weighted by molar-refractivity contribution is 0.0592. The van der Waals surface area contributed by atoms with Gasteiger partial charge in [-0.25, -0.2) is 0 Å². The summed E-state index contributed by atoms with van der Waals surface area (Å²) in [5.41, 5.74) is 11.3. The quantitative estimate of drug-likeness (QED) is 0.0744. The number of hydrogen-bond acceptors (Lipinski definition) is 12. The number of nitrogens with zero attached hydrogens (tertiary/aromatic N) is 6. The van der Waals surface area contributed by atoms with E-state index in [1.54, 1.807) is 0 Å². The third-order valence-electron chi connectivity index (χ3n) is 14.9. The number of benzene rings is 4. The van der Waals surface area contributed by atoms with Gasteiger partial charge in [0.05, 0.1) is 0 Å². The van der Waals surface area contributed by atoms with Crippen LogP contribution < -0.4 is 0 Å². The predicted molar refractivity (Wildman–Crippen MR) is 309 cm³/mol. The molecule has 18 heteroatoms. The molecule has 0 bridgehead atoms. The third-order valence-corrected chi connectivity index (χ3v) is 16.6. The van der Waals surface area contributed by atoms with Gasteiger partial charge in [-0.15, -0.1) is 20.4 Å². The van der Waals surface area contributed by atoms with Crippen LogP contribution in [-0.2, 0) is 0 Å². The molecule has 0 N–H and O–H groups in total. The Hall–Kier alpha value is -7.12. The fraction of sp³-hybridized carbons (Fsp3) is 0.200. The monoisotopic (exact) mass is 1290 g/mol. The number of halogens is 4. The van der Waals surface area contributed by atoms with Crippen LogP contribution in [0.4, 0.5) is 0 Å². The van der Waals surface area contributed by atoms with Crippen molar-refractivity contribution in [3.05, 3.63) is 138 Å². The van der Waals surface area contributed by atoms with Gasteiger partial charge in [0, 0.05) is 68.4 Å². The highest BCUT2D eigenvalue weighted by atomic mass is 79.9. The number of carbonyl (C=O) groups excluding carboxylic acids is 4. The molecule has 0 spiro atoms. The van der Waals surface area contributed by atoms with Gasteiger partial charge in [0.25, 0.3) is 23.6 Å². The second kappa shape index (κ2) is 20.0. The van der Waals surface area contributed by atoms with Gasteiger partial charge >= 0.3 is 0 Å². The lowest BCUT2D eigenvalue weighted by Gasteiger charge is -2.27. The fourth-order valence-corrected chi connectivity index (χ4v) is 12.7. The number of amides is 4. The first kappa shape index (κ1) is 50.4. The molecule has 78 heavy (non-hydrogen) atoms. The molecule has 2 aliphatic heterocycles. The van der Waals surface area contributed by atoms with E-state index in [0.29, 0.717) is 111 Å². The van der Waals surface area contributed by atoms with E-state index in [1.807, 2.05) is 97.1 Å². The molecule has 388 valence electrons. The zero-order chi connectivity index (χ0) is 53.7. The minimum absolute atomic E-state index is 0.245. The van der Waals surface area contributed by atoms with Crippen molar-refractivity contribution >= 4 is 109 Å². The van der Waals surface area contributed by atoms with Crippen LogP contribution in [0.1, 0.15) is 107 Å². The first-order valence-electron chi connectivity index (χ1n) is 25.7. The molecule has 4 aromatic carbocycles. The number of fused-ring (bicyclic) bond motifs is 6. The van der Waals surface area contributed by atoms with E-state index in [2.05, 4.69) is 98.0 Å². The van der Waals surface area contributed by atoms with Gasteiger partial charge in [0.15, 0.2) is 41.7 Å². The van der Waals surface area contributed by atoms with Crippen LogP contribution in [0.3, 0.4) is 0 Å². The van der Waals surface area contributed by atoms with E-state index in [1.165, 1.54) is 9.80 Å². The zero-order valence-electron chi connectivity index (χ0n) is 41.8. The molecule has 4 aliphatic rings. The lowest BCUT2D eigenvalue weighted by atomic mass is 9.90. The minimum atomic E-state index is -0.245. The van der Waals surface area contributed by atoms with E-state index in [4.69, 9.17) is 17.7 Å². The van der Waals surface area contributed by atoms with Crippen LogP contribution in [0.5, 0.6) is 0 Å². The SMILES string of the molecule is CCCCCCN1C(=O)c2ccc3c4c(ccc(c24)C1=O)-c1c(-c2ccc(Br)o2)nnc(-c2ccc(Br)o2)c1-3.CCCCCCN1C(=O)c2ccc3c4c(ccc(c24)C1=O)-c1c(-c2ccc(Br)o2)nnc(-c2ccc(Br)o2)c1-3. The summed E-state index contributed by atoms with van der Waals surface area (Å²) in [6.07, 6.45) is 7.92. The van der Waals surface area contributed by atoms with Crippen molar-refractivity contribution in [1.29, 1.82) is 0 Å². The van der Waals surface area contributed by atoms with E-state index < -0.39 is 0 Å². The molecule has 14 nitrogen and oxygen atoms in total. The van der Waals surface area contributed by atoms with Crippen molar-refractivity contribution in [2.75, 3.05) is 13.1 Å². The third kappa shape index (κ3) is 8.02. The van der Waals surface area contributed by atoms with Crippen molar-refractivity contribution in [3.8, 4) is 90.3 Å². The Morgan fingerprint density at radius 1 is 0.333 bits per heavy atom. The molecule has 0 saturated heterocycles. The molecule has 10 aromatic rings. The highest BCUT2D eigenvalue weighted by Crippen LogP contribution is 2.57. The summed E-state index contributed by atoms with van der Waals surface area (Å²) in [6, 6.07) is 29.7. The molecule has 2 aliphatic carbocycles. The number of hydrogen-bond donors (Lipinski definition) is 0. The van der Waals surface area contributed by atoms with E-state index >= 15 is 0 Å². The highest BCUT2D eigenvalue weighted by molar-refractivity contribution is 9.11. The summed E-state index contributed by atoms with van der Waals surface area (Å²) >= 11 is 13.6. The molecule has 8 heterocycles. The van der Waals surface area contributed by atoms with Gasteiger partial charge in [0.2, 0.25) is 0 Å². The van der Waals surface area contributed by atoms with E-state index in [9.17, 15) is 19.2 Å². The van der Waals surface area contributed by atoms with Crippen molar-refractivity contribution in [3.63, 3.8) is 0 Å². The van der Waals surface area contributed by atoms with Crippen LogP contribution >= 0.6 is 63.7 Å². The number of rotatable bonds is 14. The largest absolute Gasteiger partial charge is 0.448 e. The average Bonchev–Trinajstić information content (AvgIpc) is 4.44. The zero-order valence-corrected chi connectivity index (χ0v) is 48.1. The molecule has 14 rings (SSSR count). The number of unbranched alkanes of at least 4 members (excludes halogenated alkanes) is 6. The van der Waals surface area contributed by atoms with E-state index in [0.717, 1.165) is 107 Å². The molecule has 0 unspecified atom stereocenters. The summed E-state index contributed by atoms with van der Waals surface area (Å²) in [6.45, 7) is 5.12. The first-order chi connectivity index (χ1) is 37.9. The number of carbonyl (C=O) groups is 4. The van der Waals surface area contributed by atoms with Gasteiger partial charge < -0.3 is 17.7 Å². The summed E-state index contributed by atoms with van der Waals surface area (Å²) in [5.74, 6) is 1.24. The highest BCUT2D eigenvalue weighted by Gasteiger charge is 2.41. The van der Waals surface area contributed by atoms with Crippen LogP contribution in [0, 0.1) is 0 Å². The molecule has 0 fully saturated rings. The van der Waals surface area contributed by atoms with Gasteiger partial charge in [-0.1, -0.05) is 76.6 Å². The van der Waals surface area contributed by atoms with Crippen molar-refractivity contribution in [2.24, 2.45) is 0 Å². The standard InChI is InChI=1S/2C30H21Br2N3O4/c2*1-2-3-4-5-14-35-29(36)17-8-6-15-23-16(7-9-18(24(17)23)30(35)37)26-25(15)27(19-10-12-21(31)38-19)33-34-28(26)20-11-13-22(32)39-20/h2*6-13H,2-5,14H2,1H3. The molecule has 0 saturated carbocycles. The van der Waals surface area contributed by atoms with Crippen LogP contribution in [0.25, 0.3) is 112 Å². The Labute approximate surface area is 479 Å². The summed E-state index contributed by atoms with van der Waals surface area (Å²) in [4.78, 5) is 57.3. The van der Waals surface area contributed by atoms with Gasteiger partial charge in [-0.2, -0.15) is 0 Å². The predicted octanol–water partition coefficient (Wildman–Crippen LogP) is 17.0. The Morgan fingerprint density at radius 2 is 0.577 bits per heavy atom. The molecule has 6 aromatic heterocycles. The normalized spacial score (nSPS) is 13.6. The van der Waals surface area contributed by atoms with Crippen LogP contribution in [0.15, 0.2) is 133 Å². The molecule has 0 radical (unpaired) electrons. The summed E-state index contributed by atoms with van der Waals surface area (Å²) < 4.78 is 25.9. The molecular formula is C60H42Br4N6O8. The fourth-order valence-electron chi connectivity index (χ4n) is 11.5. The first-order valence-corrected chi connectivity index (χ1v) is 28.9. The van der Waals surface area contributed by atoms with E-state index in [-0.39, 0.29) is 23.6 Å². The second-order valence-corrected chi connectivity index (χ2v) is 22.6. The average molecular weight is 1290 g/mol. The Kier molecular flexibility index (Phi) is 12.9. The summed E-state index contributed by atoms with van der Waals surface area (Å²) in [5, 5.41) is 21.4. The Bertz CT molecular complexity index is 3700. The second-order valence-electron chi connectivity index (χ2n) is 19.5. The number of aromatic nitrogens is 4. The maximum Gasteiger partial charge on any atom is 0.261 e. The van der Waals surface area contributed by atoms with Gasteiger partial charge in [0.1, 0.15) is 22.8 Å². The minimum Gasteiger partial charge on any atom is -0.448 e.